The van der Waals surface area contributed by atoms with Crippen molar-refractivity contribution in [1.29, 1.82) is 0 Å². The molecule has 2 fully saturated rings. The Hall–Kier alpha value is -1.12. The van der Waals surface area contributed by atoms with Crippen molar-refractivity contribution in [3.05, 3.63) is 11.1 Å². The maximum atomic E-state index is 12.3. The third-order valence-corrected chi connectivity index (χ3v) is 11.4. The molecule has 4 rings (SSSR count). The average molecular weight is 471 g/mol. The van der Waals surface area contributed by atoms with E-state index in [1.165, 1.54) is 38.5 Å². The number of allylic oxidation sites excluding steroid dienone is 2. The third kappa shape index (κ3) is 4.11. The van der Waals surface area contributed by atoms with Crippen LogP contribution in [0.2, 0.25) is 0 Å². The Morgan fingerprint density at radius 2 is 1.68 bits per heavy atom. The van der Waals surface area contributed by atoms with E-state index in [0.29, 0.717) is 23.0 Å². The van der Waals surface area contributed by atoms with Crippen molar-refractivity contribution in [2.75, 3.05) is 0 Å². The van der Waals surface area contributed by atoms with Gasteiger partial charge in [-0.15, -0.1) is 0 Å². The first-order valence-corrected chi connectivity index (χ1v) is 14.2. The predicted molar refractivity (Wildman–Crippen MR) is 138 cm³/mol. The molecule has 0 spiro atoms. The Morgan fingerprint density at radius 1 is 0.971 bits per heavy atom. The average Bonchev–Trinajstić information content (AvgIpc) is 3.11. The number of esters is 1. The van der Waals surface area contributed by atoms with Crippen molar-refractivity contribution < 1.29 is 14.3 Å². The smallest absolute Gasteiger partial charge is 0.302 e. The van der Waals surface area contributed by atoms with Gasteiger partial charge in [-0.1, -0.05) is 59.6 Å². The van der Waals surface area contributed by atoms with Gasteiger partial charge in [-0.2, -0.15) is 0 Å². The molecule has 192 valence electrons. The molecule has 0 aromatic heterocycles. The van der Waals surface area contributed by atoms with Crippen LogP contribution in [0.5, 0.6) is 0 Å². The van der Waals surface area contributed by atoms with Gasteiger partial charge in [-0.25, -0.2) is 0 Å². The number of fused-ring (bicyclic) bond motifs is 4. The van der Waals surface area contributed by atoms with Crippen LogP contribution >= 0.6 is 0 Å². The van der Waals surface area contributed by atoms with E-state index in [1.54, 1.807) is 12.5 Å². The summed E-state index contributed by atoms with van der Waals surface area (Å²) in [6.45, 7) is 17.9. The van der Waals surface area contributed by atoms with Crippen LogP contribution in [0, 0.1) is 45.8 Å². The monoisotopic (exact) mass is 470 g/mol. The number of Topliss-reactive ketones (excluding diaryl/α,β-unsaturated/α-hetero) is 1. The van der Waals surface area contributed by atoms with Crippen LogP contribution in [-0.2, 0) is 14.3 Å². The van der Waals surface area contributed by atoms with Gasteiger partial charge in [0.05, 0.1) is 0 Å². The molecule has 0 saturated heterocycles. The standard InChI is InChI=1S/C31H50O3/c1-19(2)26(33)13-9-20(3)23-11-12-24-22-10-14-27-29(5,6)28(34-21(4)32)16-18-31(27,8)25(22)15-17-30(23,24)7/h19-20,23-24,27-28H,9-18H2,1-8H3/t20-,23-,24-,27+,28+,30+,31+/m0/s1. The highest BCUT2D eigenvalue weighted by molar-refractivity contribution is 5.80. The Balaban J connectivity index is 1.56. The molecular weight excluding hydrogens is 420 g/mol. The summed E-state index contributed by atoms with van der Waals surface area (Å²) in [5.74, 6) is 3.15. The lowest BCUT2D eigenvalue weighted by Crippen LogP contribution is -2.54. The predicted octanol–water partition coefficient (Wildman–Crippen LogP) is 7.92. The van der Waals surface area contributed by atoms with Gasteiger partial charge in [-0.3, -0.25) is 9.59 Å². The van der Waals surface area contributed by atoms with Gasteiger partial charge in [0.25, 0.3) is 0 Å². The van der Waals surface area contributed by atoms with Gasteiger partial charge >= 0.3 is 5.97 Å². The van der Waals surface area contributed by atoms with Crippen molar-refractivity contribution in [2.24, 2.45) is 45.8 Å². The molecule has 4 aliphatic rings. The molecule has 0 amide bonds. The van der Waals surface area contributed by atoms with Gasteiger partial charge in [0.15, 0.2) is 0 Å². The lowest BCUT2D eigenvalue weighted by atomic mass is 9.45. The van der Waals surface area contributed by atoms with Gasteiger partial charge in [0.2, 0.25) is 0 Å². The molecule has 3 heteroatoms. The molecular formula is C31H50O3. The lowest BCUT2D eigenvalue weighted by molar-refractivity contribution is -0.167. The van der Waals surface area contributed by atoms with Crippen LogP contribution in [0.3, 0.4) is 0 Å². The topological polar surface area (TPSA) is 43.4 Å². The Labute approximate surface area is 208 Å². The molecule has 0 heterocycles. The van der Waals surface area contributed by atoms with E-state index in [0.717, 1.165) is 37.5 Å². The number of hydrogen-bond donors (Lipinski definition) is 0. The van der Waals surface area contributed by atoms with Crippen LogP contribution < -0.4 is 0 Å². The Bertz CT molecular complexity index is 851. The summed E-state index contributed by atoms with van der Waals surface area (Å²) in [4.78, 5) is 24.1. The minimum atomic E-state index is -0.132. The second-order valence-electron chi connectivity index (χ2n) is 13.8. The quantitative estimate of drug-likeness (QED) is 0.292. The minimum absolute atomic E-state index is 0.0215. The number of carbonyl (C=O) groups excluding carboxylic acids is 2. The first-order chi connectivity index (χ1) is 15.8. The van der Waals surface area contributed by atoms with Crippen LogP contribution in [0.25, 0.3) is 0 Å². The largest absolute Gasteiger partial charge is 0.462 e. The lowest BCUT2D eigenvalue weighted by Gasteiger charge is -2.60. The fraction of sp³-hybridized carbons (Fsp3) is 0.871. The first-order valence-electron chi connectivity index (χ1n) is 14.2. The number of ether oxygens (including phenoxy) is 1. The zero-order valence-electron chi connectivity index (χ0n) is 23.3. The Morgan fingerprint density at radius 3 is 2.32 bits per heavy atom. The highest BCUT2D eigenvalue weighted by atomic mass is 16.5. The maximum absolute atomic E-state index is 12.3. The summed E-state index contributed by atoms with van der Waals surface area (Å²) >= 11 is 0. The van der Waals surface area contributed by atoms with E-state index in [-0.39, 0.29) is 28.8 Å². The van der Waals surface area contributed by atoms with Crippen LogP contribution in [0.4, 0.5) is 0 Å². The summed E-state index contributed by atoms with van der Waals surface area (Å²) in [7, 11) is 0. The fourth-order valence-corrected chi connectivity index (χ4v) is 9.52. The Kier molecular flexibility index (Phi) is 6.93. The van der Waals surface area contributed by atoms with E-state index in [9.17, 15) is 9.59 Å². The van der Waals surface area contributed by atoms with E-state index < -0.39 is 0 Å². The zero-order chi connectivity index (χ0) is 25.1. The maximum Gasteiger partial charge on any atom is 0.302 e. The summed E-state index contributed by atoms with van der Waals surface area (Å²) in [5, 5.41) is 0. The molecule has 0 aliphatic heterocycles. The van der Waals surface area contributed by atoms with E-state index in [1.807, 2.05) is 19.4 Å². The summed E-state index contributed by atoms with van der Waals surface area (Å²) in [6, 6.07) is 0. The number of carbonyl (C=O) groups is 2. The van der Waals surface area contributed by atoms with Crippen molar-refractivity contribution in [3.8, 4) is 0 Å². The molecule has 3 nitrogen and oxygen atoms in total. The van der Waals surface area contributed by atoms with Crippen LogP contribution in [0.1, 0.15) is 120 Å². The zero-order valence-corrected chi connectivity index (χ0v) is 23.3. The van der Waals surface area contributed by atoms with Crippen LogP contribution in [0.15, 0.2) is 11.1 Å². The molecule has 0 bridgehead atoms. The van der Waals surface area contributed by atoms with E-state index in [4.69, 9.17) is 4.74 Å². The molecule has 0 unspecified atom stereocenters. The molecule has 34 heavy (non-hydrogen) atoms. The summed E-state index contributed by atoms with van der Waals surface area (Å²) in [5.41, 5.74) is 4.29. The van der Waals surface area contributed by atoms with Crippen LogP contribution in [-0.4, -0.2) is 17.9 Å². The molecule has 0 aromatic carbocycles. The van der Waals surface area contributed by atoms with Crippen molar-refractivity contribution >= 4 is 11.8 Å². The second kappa shape index (κ2) is 9.07. The van der Waals surface area contributed by atoms with E-state index >= 15 is 0 Å². The SMILES string of the molecule is CC(=O)O[C@@H]1CC[C@]2(C)C3=C(CC[C@@H]2C1(C)C)[C@@H]1CC[C@@H]([C@@H](C)CCC(=O)C(C)C)[C@@]1(C)CC3. The molecule has 0 radical (unpaired) electrons. The number of rotatable bonds is 6. The summed E-state index contributed by atoms with van der Waals surface area (Å²) in [6.07, 6.45) is 11.7. The van der Waals surface area contributed by atoms with Gasteiger partial charge < -0.3 is 4.74 Å². The van der Waals surface area contributed by atoms with Crippen molar-refractivity contribution in [3.63, 3.8) is 0 Å². The van der Waals surface area contributed by atoms with Crippen molar-refractivity contribution in [2.45, 2.75) is 126 Å². The molecule has 4 aliphatic carbocycles. The van der Waals surface area contributed by atoms with Crippen molar-refractivity contribution in [1.82, 2.24) is 0 Å². The fourth-order valence-electron chi connectivity index (χ4n) is 9.52. The highest BCUT2D eigenvalue weighted by Crippen LogP contribution is 2.68. The molecule has 7 atom stereocenters. The number of ketones is 1. The first kappa shape index (κ1) is 26.0. The van der Waals surface area contributed by atoms with Gasteiger partial charge in [0, 0.05) is 24.7 Å². The normalized spacial score (nSPS) is 39.8. The molecule has 2 saturated carbocycles. The number of hydrogen-bond acceptors (Lipinski definition) is 3. The summed E-state index contributed by atoms with van der Waals surface area (Å²) < 4.78 is 5.84. The van der Waals surface area contributed by atoms with E-state index in [2.05, 4.69) is 34.6 Å². The minimum Gasteiger partial charge on any atom is -0.462 e. The molecule has 0 aromatic rings. The second-order valence-corrected chi connectivity index (χ2v) is 13.8. The van der Waals surface area contributed by atoms with Gasteiger partial charge in [0.1, 0.15) is 11.9 Å². The van der Waals surface area contributed by atoms with Gasteiger partial charge in [-0.05, 0) is 92.3 Å². The molecule has 0 N–H and O–H groups in total. The highest BCUT2D eigenvalue weighted by Gasteiger charge is 2.59. The third-order valence-electron chi connectivity index (χ3n) is 11.4.